The first-order chi connectivity index (χ1) is 9.00. The monoisotopic (exact) mass is 256 g/mol. The number of hydrogen-bond acceptors (Lipinski definition) is 3. The maximum absolute atomic E-state index is 12.1. The maximum atomic E-state index is 12.1. The fourth-order valence-corrected chi connectivity index (χ4v) is 1.86. The average Bonchev–Trinajstić information content (AvgIpc) is 2.40. The zero-order valence-corrected chi connectivity index (χ0v) is 10.9. The molecule has 0 saturated heterocycles. The van der Waals surface area contributed by atoms with E-state index in [1.807, 2.05) is 6.92 Å². The van der Waals surface area contributed by atoms with Crippen molar-refractivity contribution in [2.24, 2.45) is 0 Å². The summed E-state index contributed by atoms with van der Waals surface area (Å²) < 4.78 is 0. The van der Waals surface area contributed by atoms with Crippen LogP contribution in [0.2, 0.25) is 0 Å². The summed E-state index contributed by atoms with van der Waals surface area (Å²) >= 11 is 0. The minimum Gasteiger partial charge on any atom is -0.507 e. The van der Waals surface area contributed by atoms with Gasteiger partial charge in [-0.1, -0.05) is 18.2 Å². The van der Waals surface area contributed by atoms with E-state index in [0.29, 0.717) is 22.5 Å². The molecule has 2 aromatic rings. The van der Waals surface area contributed by atoms with Crippen LogP contribution in [-0.2, 0) is 0 Å². The third-order valence-corrected chi connectivity index (χ3v) is 3.09. The number of amides is 1. The molecule has 0 heterocycles. The molecule has 1 amide bonds. The predicted octanol–water partition coefficient (Wildman–Crippen LogP) is 2.84. The molecular weight excluding hydrogens is 240 g/mol. The summed E-state index contributed by atoms with van der Waals surface area (Å²) in [5.41, 5.74) is 8.59. The molecule has 4 N–H and O–H groups in total. The minimum atomic E-state index is -0.288. The van der Waals surface area contributed by atoms with E-state index in [1.54, 1.807) is 43.3 Å². The van der Waals surface area contributed by atoms with E-state index in [-0.39, 0.29) is 11.7 Å². The van der Waals surface area contributed by atoms with Crippen molar-refractivity contribution in [3.8, 4) is 5.75 Å². The number of nitrogens with one attached hydrogen (secondary N) is 1. The Labute approximate surface area is 111 Å². The molecule has 19 heavy (non-hydrogen) atoms. The number of carbonyl (C=O) groups is 1. The van der Waals surface area contributed by atoms with Gasteiger partial charge in [-0.05, 0) is 37.6 Å². The Morgan fingerprint density at radius 1 is 1.16 bits per heavy atom. The number of hydrogen-bond donors (Lipinski definition) is 3. The second kappa shape index (κ2) is 5.02. The molecule has 4 nitrogen and oxygen atoms in total. The topological polar surface area (TPSA) is 75.4 Å². The van der Waals surface area contributed by atoms with E-state index < -0.39 is 0 Å². The summed E-state index contributed by atoms with van der Waals surface area (Å²) in [7, 11) is 0. The average molecular weight is 256 g/mol. The molecule has 0 spiro atoms. The van der Waals surface area contributed by atoms with Crippen molar-refractivity contribution < 1.29 is 9.90 Å². The van der Waals surface area contributed by atoms with Crippen LogP contribution in [-0.4, -0.2) is 11.0 Å². The maximum Gasteiger partial charge on any atom is 0.257 e. The Bertz CT molecular complexity index is 636. The molecule has 0 aromatic heterocycles. The van der Waals surface area contributed by atoms with Crippen molar-refractivity contribution in [3.05, 3.63) is 53.1 Å². The van der Waals surface area contributed by atoms with E-state index >= 15 is 0 Å². The van der Waals surface area contributed by atoms with Gasteiger partial charge in [0.15, 0.2) is 0 Å². The molecular formula is C15H16N2O2. The van der Waals surface area contributed by atoms with Crippen LogP contribution in [0.4, 0.5) is 11.4 Å². The molecule has 4 heteroatoms. The first kappa shape index (κ1) is 13.0. The van der Waals surface area contributed by atoms with E-state index in [2.05, 4.69) is 5.32 Å². The zero-order valence-electron chi connectivity index (χ0n) is 10.9. The van der Waals surface area contributed by atoms with Crippen LogP contribution in [0.3, 0.4) is 0 Å². The lowest BCUT2D eigenvalue weighted by molar-refractivity contribution is 0.102. The second-order valence-corrected chi connectivity index (χ2v) is 4.45. The van der Waals surface area contributed by atoms with Gasteiger partial charge in [0.2, 0.25) is 0 Å². The third-order valence-electron chi connectivity index (χ3n) is 3.09. The van der Waals surface area contributed by atoms with E-state index in [4.69, 9.17) is 5.73 Å². The fraction of sp³-hybridized carbons (Fsp3) is 0.133. The third kappa shape index (κ3) is 2.52. The van der Waals surface area contributed by atoms with Crippen molar-refractivity contribution >= 4 is 17.3 Å². The van der Waals surface area contributed by atoms with Crippen LogP contribution in [0.25, 0.3) is 0 Å². The van der Waals surface area contributed by atoms with Crippen molar-refractivity contribution in [2.75, 3.05) is 11.1 Å². The number of phenolic OH excluding ortho intramolecular Hbond substituents is 1. The van der Waals surface area contributed by atoms with Gasteiger partial charge in [0.1, 0.15) is 5.75 Å². The van der Waals surface area contributed by atoms with Gasteiger partial charge in [0.05, 0.1) is 5.56 Å². The van der Waals surface area contributed by atoms with Crippen LogP contribution in [0.5, 0.6) is 5.75 Å². The Kier molecular flexibility index (Phi) is 3.42. The summed E-state index contributed by atoms with van der Waals surface area (Å²) in [5, 5.41) is 12.6. The van der Waals surface area contributed by atoms with Gasteiger partial charge in [0, 0.05) is 16.9 Å². The first-order valence-electron chi connectivity index (χ1n) is 5.95. The molecule has 98 valence electrons. The number of nitrogen functional groups attached to an aromatic ring is 1. The van der Waals surface area contributed by atoms with Crippen molar-refractivity contribution in [1.29, 1.82) is 0 Å². The first-order valence-corrected chi connectivity index (χ1v) is 5.95. The molecule has 0 saturated carbocycles. The van der Waals surface area contributed by atoms with E-state index in [1.165, 1.54) is 0 Å². The van der Waals surface area contributed by atoms with Crippen molar-refractivity contribution in [1.82, 2.24) is 0 Å². The molecule has 2 aromatic carbocycles. The van der Waals surface area contributed by atoms with Gasteiger partial charge < -0.3 is 16.2 Å². The normalized spacial score (nSPS) is 10.2. The highest BCUT2D eigenvalue weighted by Gasteiger charge is 2.12. The number of phenols is 1. The quantitative estimate of drug-likeness (QED) is 0.723. The molecule has 0 aliphatic rings. The van der Waals surface area contributed by atoms with Crippen LogP contribution >= 0.6 is 0 Å². The number of rotatable bonds is 2. The number of anilines is 2. The summed E-state index contributed by atoms with van der Waals surface area (Å²) in [5.74, 6) is -0.0942. The van der Waals surface area contributed by atoms with Crippen LogP contribution < -0.4 is 11.1 Å². The summed E-state index contributed by atoms with van der Waals surface area (Å²) in [6, 6.07) is 10.4. The molecule has 0 atom stereocenters. The minimum absolute atomic E-state index is 0.193. The standard InChI is InChI=1S/C15H16N2O2/c1-9-7-8-13(10(2)14(9)18)17-15(19)11-5-3-4-6-12(11)16/h3-8,18H,16H2,1-2H3,(H,17,19). The highest BCUT2D eigenvalue weighted by atomic mass is 16.3. The van der Waals surface area contributed by atoms with Crippen LogP contribution in [0.1, 0.15) is 21.5 Å². The number of carbonyl (C=O) groups excluding carboxylic acids is 1. The van der Waals surface area contributed by atoms with Crippen molar-refractivity contribution in [2.45, 2.75) is 13.8 Å². The lowest BCUT2D eigenvalue weighted by atomic mass is 10.1. The van der Waals surface area contributed by atoms with E-state index in [9.17, 15) is 9.90 Å². The largest absolute Gasteiger partial charge is 0.507 e. The molecule has 0 fully saturated rings. The predicted molar refractivity (Wildman–Crippen MR) is 76.4 cm³/mol. The van der Waals surface area contributed by atoms with Crippen LogP contribution in [0.15, 0.2) is 36.4 Å². The fourth-order valence-electron chi connectivity index (χ4n) is 1.86. The molecule has 0 bridgehead atoms. The zero-order chi connectivity index (χ0) is 14.0. The highest BCUT2D eigenvalue weighted by Crippen LogP contribution is 2.28. The summed E-state index contributed by atoms with van der Waals surface area (Å²) in [4.78, 5) is 12.1. The number of para-hydroxylation sites is 1. The molecule has 0 unspecified atom stereocenters. The van der Waals surface area contributed by atoms with Crippen LogP contribution in [0, 0.1) is 13.8 Å². The molecule has 0 aliphatic carbocycles. The van der Waals surface area contributed by atoms with Gasteiger partial charge >= 0.3 is 0 Å². The van der Waals surface area contributed by atoms with Gasteiger partial charge in [-0.3, -0.25) is 4.79 Å². The SMILES string of the molecule is Cc1ccc(NC(=O)c2ccccc2N)c(C)c1O. The molecule has 0 aliphatic heterocycles. The smallest absolute Gasteiger partial charge is 0.257 e. The second-order valence-electron chi connectivity index (χ2n) is 4.45. The van der Waals surface area contributed by atoms with Gasteiger partial charge in [-0.25, -0.2) is 0 Å². The van der Waals surface area contributed by atoms with Crippen molar-refractivity contribution in [3.63, 3.8) is 0 Å². The molecule has 2 rings (SSSR count). The number of nitrogens with two attached hydrogens (primary N) is 1. The summed E-state index contributed by atoms with van der Waals surface area (Å²) in [6.07, 6.45) is 0. The number of aromatic hydroxyl groups is 1. The Balaban J connectivity index is 2.30. The lowest BCUT2D eigenvalue weighted by Crippen LogP contribution is -2.14. The lowest BCUT2D eigenvalue weighted by Gasteiger charge is -2.12. The Morgan fingerprint density at radius 3 is 2.53 bits per heavy atom. The van der Waals surface area contributed by atoms with Gasteiger partial charge in [-0.15, -0.1) is 0 Å². The number of aryl methyl sites for hydroxylation is 1. The highest BCUT2D eigenvalue weighted by molar-refractivity contribution is 6.08. The number of benzene rings is 2. The van der Waals surface area contributed by atoms with Gasteiger partial charge in [-0.2, -0.15) is 0 Å². The van der Waals surface area contributed by atoms with E-state index in [0.717, 1.165) is 5.56 Å². The Morgan fingerprint density at radius 2 is 1.84 bits per heavy atom. The van der Waals surface area contributed by atoms with Gasteiger partial charge in [0.25, 0.3) is 5.91 Å². The molecule has 0 radical (unpaired) electrons. The Hall–Kier alpha value is -2.49. The summed E-state index contributed by atoms with van der Waals surface area (Å²) in [6.45, 7) is 3.56.